The van der Waals surface area contributed by atoms with Crippen molar-refractivity contribution in [2.24, 2.45) is 0 Å². The molecule has 3 heterocycles. The maximum Gasteiger partial charge on any atom is 0.435 e. The standard InChI is InChI=1S/C16H23F3N4O/c1-2-21-8-3-5-12(21)13-6-4-9-23(13)15(24)11-22-10-7-14(20-22)16(17,18)19/h7,10,12-13H,2-6,8-9,11H2,1H3. The van der Waals surface area contributed by atoms with Crippen molar-refractivity contribution < 1.29 is 18.0 Å². The van der Waals surface area contributed by atoms with Crippen molar-refractivity contribution in [1.82, 2.24) is 19.6 Å². The highest BCUT2D eigenvalue weighted by molar-refractivity contribution is 5.76. The summed E-state index contributed by atoms with van der Waals surface area (Å²) in [7, 11) is 0. The summed E-state index contributed by atoms with van der Waals surface area (Å²) < 4.78 is 38.9. The van der Waals surface area contributed by atoms with Crippen LogP contribution >= 0.6 is 0 Å². The highest BCUT2D eigenvalue weighted by atomic mass is 19.4. The van der Waals surface area contributed by atoms with Gasteiger partial charge in [-0.3, -0.25) is 14.4 Å². The van der Waals surface area contributed by atoms with E-state index in [9.17, 15) is 18.0 Å². The molecule has 2 fully saturated rings. The largest absolute Gasteiger partial charge is 0.435 e. The number of rotatable bonds is 4. The third-order valence-corrected chi connectivity index (χ3v) is 5.11. The van der Waals surface area contributed by atoms with Crippen molar-refractivity contribution in [3.63, 3.8) is 0 Å². The molecular weight excluding hydrogens is 321 g/mol. The van der Waals surface area contributed by atoms with Crippen LogP contribution in [-0.2, 0) is 17.5 Å². The zero-order chi connectivity index (χ0) is 17.3. The van der Waals surface area contributed by atoms with Gasteiger partial charge in [-0.05, 0) is 44.8 Å². The monoisotopic (exact) mass is 344 g/mol. The molecule has 2 saturated heterocycles. The quantitative estimate of drug-likeness (QED) is 0.842. The van der Waals surface area contributed by atoms with Gasteiger partial charge in [0, 0.05) is 24.8 Å². The first kappa shape index (κ1) is 17.3. The van der Waals surface area contributed by atoms with E-state index in [1.807, 2.05) is 4.90 Å². The number of nitrogens with zero attached hydrogens (tertiary/aromatic N) is 4. The van der Waals surface area contributed by atoms with Gasteiger partial charge >= 0.3 is 6.18 Å². The molecule has 0 N–H and O–H groups in total. The van der Waals surface area contributed by atoms with Crippen molar-refractivity contribution in [2.45, 2.75) is 57.4 Å². The van der Waals surface area contributed by atoms with Crippen LogP contribution in [0.3, 0.4) is 0 Å². The first-order chi connectivity index (χ1) is 11.4. The number of likely N-dealkylation sites (tertiary alicyclic amines) is 2. The second-order valence-corrected chi connectivity index (χ2v) is 6.53. The number of halogens is 3. The summed E-state index contributed by atoms with van der Waals surface area (Å²) in [6.45, 7) is 4.71. The number of carbonyl (C=O) groups excluding carboxylic acids is 1. The number of hydrogen-bond donors (Lipinski definition) is 0. The molecular formula is C16H23F3N4O. The second kappa shape index (κ2) is 6.74. The molecule has 0 aliphatic carbocycles. The van der Waals surface area contributed by atoms with Gasteiger partial charge in [0.2, 0.25) is 5.91 Å². The molecule has 1 aromatic heterocycles. The van der Waals surface area contributed by atoms with Gasteiger partial charge in [0.05, 0.1) is 0 Å². The van der Waals surface area contributed by atoms with Gasteiger partial charge in [-0.25, -0.2) is 0 Å². The van der Waals surface area contributed by atoms with Crippen molar-refractivity contribution >= 4 is 5.91 Å². The predicted octanol–water partition coefficient (Wildman–Crippen LogP) is 2.38. The molecule has 2 unspecified atom stereocenters. The van der Waals surface area contributed by atoms with E-state index in [0.29, 0.717) is 12.6 Å². The summed E-state index contributed by atoms with van der Waals surface area (Å²) in [5.74, 6) is -0.141. The highest BCUT2D eigenvalue weighted by Gasteiger charge is 2.39. The number of likely N-dealkylation sites (N-methyl/N-ethyl adjacent to an activating group) is 1. The van der Waals surface area contributed by atoms with Crippen molar-refractivity contribution in [3.8, 4) is 0 Å². The first-order valence-electron chi connectivity index (χ1n) is 8.54. The van der Waals surface area contributed by atoms with Crippen LogP contribution in [0.2, 0.25) is 0 Å². The molecule has 5 nitrogen and oxygen atoms in total. The lowest BCUT2D eigenvalue weighted by Crippen LogP contribution is -2.49. The van der Waals surface area contributed by atoms with Crippen LogP contribution < -0.4 is 0 Å². The average Bonchev–Trinajstić information content (AvgIpc) is 3.25. The lowest BCUT2D eigenvalue weighted by atomic mass is 10.0. The Morgan fingerprint density at radius 1 is 1.25 bits per heavy atom. The Hall–Kier alpha value is -1.57. The van der Waals surface area contributed by atoms with E-state index in [1.54, 1.807) is 0 Å². The number of aromatic nitrogens is 2. The topological polar surface area (TPSA) is 41.4 Å². The highest BCUT2D eigenvalue weighted by Crippen LogP contribution is 2.30. The summed E-state index contributed by atoms with van der Waals surface area (Å²) in [6.07, 6.45) is 0.903. The molecule has 3 rings (SSSR count). The van der Waals surface area contributed by atoms with Gasteiger partial charge in [0.1, 0.15) is 6.54 Å². The van der Waals surface area contributed by atoms with Gasteiger partial charge in [-0.15, -0.1) is 0 Å². The normalized spacial score (nSPS) is 25.6. The predicted molar refractivity (Wildman–Crippen MR) is 82.2 cm³/mol. The second-order valence-electron chi connectivity index (χ2n) is 6.53. The van der Waals surface area contributed by atoms with Crippen molar-refractivity contribution in [3.05, 3.63) is 18.0 Å². The molecule has 24 heavy (non-hydrogen) atoms. The summed E-state index contributed by atoms with van der Waals surface area (Å²) in [5, 5.41) is 3.48. The molecule has 1 amide bonds. The summed E-state index contributed by atoms with van der Waals surface area (Å²) >= 11 is 0. The Morgan fingerprint density at radius 2 is 1.96 bits per heavy atom. The van der Waals surface area contributed by atoms with Crippen LogP contribution in [0.5, 0.6) is 0 Å². The fourth-order valence-corrected chi connectivity index (χ4v) is 4.01. The minimum Gasteiger partial charge on any atom is -0.337 e. The summed E-state index contributed by atoms with van der Waals surface area (Å²) in [5.41, 5.74) is -0.957. The van der Waals surface area contributed by atoms with Gasteiger partial charge in [-0.2, -0.15) is 18.3 Å². The van der Waals surface area contributed by atoms with Crippen LogP contribution in [-0.4, -0.2) is 57.2 Å². The fraction of sp³-hybridized carbons (Fsp3) is 0.750. The van der Waals surface area contributed by atoms with E-state index in [-0.39, 0.29) is 18.5 Å². The number of hydrogen-bond acceptors (Lipinski definition) is 3. The minimum absolute atomic E-state index is 0.134. The van der Waals surface area contributed by atoms with E-state index < -0.39 is 11.9 Å². The van der Waals surface area contributed by atoms with E-state index in [2.05, 4.69) is 16.9 Å². The average molecular weight is 344 g/mol. The molecule has 0 saturated carbocycles. The van der Waals surface area contributed by atoms with Crippen LogP contribution in [0.25, 0.3) is 0 Å². The maximum atomic E-state index is 12.6. The van der Waals surface area contributed by atoms with Crippen LogP contribution in [0.4, 0.5) is 13.2 Å². The van der Waals surface area contributed by atoms with Crippen LogP contribution in [0, 0.1) is 0 Å². The lowest BCUT2D eigenvalue weighted by molar-refractivity contribution is -0.142. The molecule has 2 aliphatic heterocycles. The Bertz CT molecular complexity index is 586. The van der Waals surface area contributed by atoms with E-state index in [1.165, 1.54) is 6.20 Å². The van der Waals surface area contributed by atoms with Gasteiger partial charge in [0.25, 0.3) is 0 Å². The van der Waals surface area contributed by atoms with Crippen molar-refractivity contribution in [2.75, 3.05) is 19.6 Å². The summed E-state index contributed by atoms with van der Waals surface area (Å²) in [4.78, 5) is 16.9. The minimum atomic E-state index is -4.48. The van der Waals surface area contributed by atoms with Gasteiger partial charge in [-0.1, -0.05) is 6.92 Å². The molecule has 0 aromatic carbocycles. The number of amides is 1. The fourth-order valence-electron chi connectivity index (χ4n) is 4.01. The molecule has 0 bridgehead atoms. The number of alkyl halides is 3. The van der Waals surface area contributed by atoms with Crippen LogP contribution in [0.1, 0.15) is 38.3 Å². The SMILES string of the molecule is CCN1CCCC1C1CCCN1C(=O)Cn1ccc(C(F)(F)F)n1. The zero-order valence-electron chi connectivity index (χ0n) is 13.8. The zero-order valence-corrected chi connectivity index (χ0v) is 13.8. The molecule has 8 heteroatoms. The molecule has 134 valence electrons. The number of carbonyl (C=O) groups is 1. The third-order valence-electron chi connectivity index (χ3n) is 5.11. The Balaban J connectivity index is 1.66. The summed E-state index contributed by atoms with van der Waals surface area (Å²) in [6, 6.07) is 1.47. The Kier molecular flexibility index (Phi) is 4.85. The molecule has 0 spiro atoms. The third kappa shape index (κ3) is 3.43. The first-order valence-corrected chi connectivity index (χ1v) is 8.54. The van der Waals surface area contributed by atoms with E-state index in [0.717, 1.165) is 49.5 Å². The lowest BCUT2D eigenvalue weighted by Gasteiger charge is -2.34. The Morgan fingerprint density at radius 3 is 2.62 bits per heavy atom. The maximum absolute atomic E-state index is 12.6. The molecule has 0 radical (unpaired) electrons. The smallest absolute Gasteiger partial charge is 0.337 e. The van der Waals surface area contributed by atoms with Gasteiger partial charge < -0.3 is 4.90 Å². The molecule has 2 aliphatic rings. The van der Waals surface area contributed by atoms with Gasteiger partial charge in [0.15, 0.2) is 5.69 Å². The molecule has 2 atom stereocenters. The van der Waals surface area contributed by atoms with Crippen molar-refractivity contribution in [1.29, 1.82) is 0 Å². The van der Waals surface area contributed by atoms with E-state index in [4.69, 9.17) is 0 Å². The van der Waals surface area contributed by atoms with Crippen LogP contribution in [0.15, 0.2) is 12.3 Å². The van der Waals surface area contributed by atoms with E-state index >= 15 is 0 Å². The molecule has 1 aromatic rings. The Labute approximate surface area is 139 Å².